The Morgan fingerprint density at radius 3 is 2.92 bits per heavy atom. The third-order valence-electron chi connectivity index (χ3n) is 4.79. The normalized spacial score (nSPS) is 18.2. The van der Waals surface area contributed by atoms with E-state index in [0.29, 0.717) is 25.7 Å². The van der Waals surface area contributed by atoms with Crippen molar-refractivity contribution in [1.82, 2.24) is 9.88 Å². The molecular weight excluding hydrogens is 312 g/mol. The van der Waals surface area contributed by atoms with Crippen LogP contribution in [0.25, 0.3) is 10.9 Å². The van der Waals surface area contributed by atoms with Crippen molar-refractivity contribution in [2.45, 2.75) is 6.42 Å². The summed E-state index contributed by atoms with van der Waals surface area (Å²) in [5.74, 6) is 0.406. The maximum Gasteiger partial charge on any atom is 0.253 e. The molecule has 4 nitrogen and oxygen atoms in total. The van der Waals surface area contributed by atoms with Crippen molar-refractivity contribution in [1.29, 1.82) is 0 Å². The molecule has 4 heteroatoms. The minimum atomic E-state index is 0.0946. The van der Waals surface area contributed by atoms with Gasteiger partial charge in [0.05, 0.1) is 13.2 Å². The second-order valence-corrected chi connectivity index (χ2v) is 6.66. The molecule has 1 aliphatic heterocycles. The first kappa shape index (κ1) is 15.9. The van der Waals surface area contributed by atoms with Gasteiger partial charge in [0.2, 0.25) is 0 Å². The zero-order valence-electron chi connectivity index (χ0n) is 14.2. The van der Waals surface area contributed by atoms with Crippen molar-refractivity contribution in [3.8, 4) is 0 Å². The summed E-state index contributed by atoms with van der Waals surface area (Å²) in [5.41, 5.74) is 3.19. The van der Waals surface area contributed by atoms with E-state index >= 15 is 0 Å². The number of ether oxygens (including phenoxy) is 1. The molecule has 0 unspecified atom stereocenters. The Bertz CT molecular complexity index is 856. The lowest BCUT2D eigenvalue weighted by atomic mass is 9.98. The van der Waals surface area contributed by atoms with E-state index in [4.69, 9.17) is 4.74 Å². The number of aromatic amines is 1. The SMILES string of the molecule is O=C(c1ccccc1)N1CCOC[C@@H](Cc2ccc3[nH]ccc3c2)C1. The average Bonchev–Trinajstić information content (AvgIpc) is 2.99. The average molecular weight is 334 g/mol. The number of H-pyrrole nitrogens is 1. The largest absolute Gasteiger partial charge is 0.379 e. The predicted molar refractivity (Wildman–Crippen MR) is 98.7 cm³/mol. The Morgan fingerprint density at radius 1 is 1.16 bits per heavy atom. The van der Waals surface area contributed by atoms with Gasteiger partial charge in [-0.2, -0.15) is 0 Å². The molecule has 1 saturated heterocycles. The zero-order valence-corrected chi connectivity index (χ0v) is 14.2. The minimum Gasteiger partial charge on any atom is -0.379 e. The lowest BCUT2D eigenvalue weighted by Gasteiger charge is -2.24. The molecule has 0 radical (unpaired) electrons. The number of hydrogen-bond acceptors (Lipinski definition) is 2. The summed E-state index contributed by atoms with van der Waals surface area (Å²) in [5, 5.41) is 1.23. The molecular formula is C21H22N2O2. The molecule has 1 aliphatic rings. The van der Waals surface area contributed by atoms with Gasteiger partial charge in [-0.25, -0.2) is 0 Å². The number of hydrogen-bond donors (Lipinski definition) is 1. The van der Waals surface area contributed by atoms with Gasteiger partial charge in [-0.05, 0) is 47.7 Å². The van der Waals surface area contributed by atoms with Crippen molar-refractivity contribution in [3.63, 3.8) is 0 Å². The second kappa shape index (κ2) is 7.11. The number of benzene rings is 2. The summed E-state index contributed by atoms with van der Waals surface area (Å²) >= 11 is 0. The topological polar surface area (TPSA) is 45.3 Å². The van der Waals surface area contributed by atoms with Crippen LogP contribution in [0.2, 0.25) is 0 Å². The summed E-state index contributed by atoms with van der Waals surface area (Å²) < 4.78 is 5.77. The first-order chi connectivity index (χ1) is 12.3. The van der Waals surface area contributed by atoms with Gasteiger partial charge in [0.25, 0.3) is 5.91 Å². The van der Waals surface area contributed by atoms with Gasteiger partial charge in [0.1, 0.15) is 0 Å². The summed E-state index contributed by atoms with van der Waals surface area (Å²) in [6, 6.07) is 18.1. The second-order valence-electron chi connectivity index (χ2n) is 6.66. The van der Waals surface area contributed by atoms with Gasteiger partial charge in [-0.3, -0.25) is 4.79 Å². The van der Waals surface area contributed by atoms with Crippen LogP contribution in [0, 0.1) is 5.92 Å². The fourth-order valence-electron chi connectivity index (χ4n) is 3.51. The minimum absolute atomic E-state index is 0.0946. The monoisotopic (exact) mass is 334 g/mol. The first-order valence-electron chi connectivity index (χ1n) is 8.78. The van der Waals surface area contributed by atoms with Crippen LogP contribution in [0.3, 0.4) is 0 Å². The van der Waals surface area contributed by atoms with Gasteiger partial charge in [-0.1, -0.05) is 24.3 Å². The molecule has 2 aromatic carbocycles. The van der Waals surface area contributed by atoms with Gasteiger partial charge in [-0.15, -0.1) is 0 Å². The van der Waals surface area contributed by atoms with Crippen molar-refractivity contribution in [3.05, 3.63) is 71.9 Å². The Labute approximate surface area is 147 Å². The van der Waals surface area contributed by atoms with Crippen LogP contribution in [0.15, 0.2) is 60.8 Å². The predicted octanol–water partition coefficient (Wildman–Crippen LogP) is 3.50. The highest BCUT2D eigenvalue weighted by Crippen LogP contribution is 2.20. The third-order valence-corrected chi connectivity index (χ3v) is 4.79. The number of carbonyl (C=O) groups excluding carboxylic acids is 1. The molecule has 0 aliphatic carbocycles. The molecule has 0 spiro atoms. The van der Waals surface area contributed by atoms with Crippen LogP contribution in [0.1, 0.15) is 15.9 Å². The van der Waals surface area contributed by atoms with Gasteiger partial charge in [0, 0.05) is 36.3 Å². The molecule has 0 bridgehead atoms. The Morgan fingerprint density at radius 2 is 2.04 bits per heavy atom. The van der Waals surface area contributed by atoms with Crippen LogP contribution >= 0.6 is 0 Å². The molecule has 1 aromatic heterocycles. The summed E-state index contributed by atoms with van der Waals surface area (Å²) in [6.45, 7) is 2.69. The van der Waals surface area contributed by atoms with E-state index in [1.165, 1.54) is 10.9 Å². The highest BCUT2D eigenvalue weighted by molar-refractivity contribution is 5.94. The molecule has 1 N–H and O–H groups in total. The number of nitrogens with one attached hydrogen (secondary N) is 1. The molecule has 25 heavy (non-hydrogen) atoms. The van der Waals surface area contributed by atoms with Crippen molar-refractivity contribution < 1.29 is 9.53 Å². The maximum atomic E-state index is 12.8. The molecule has 1 fully saturated rings. The molecule has 1 atom stereocenters. The lowest BCUT2D eigenvalue weighted by molar-refractivity contribution is 0.0737. The number of fused-ring (bicyclic) bond motifs is 1. The lowest BCUT2D eigenvalue weighted by Crippen LogP contribution is -2.36. The Balaban J connectivity index is 1.48. The third kappa shape index (κ3) is 3.59. The van der Waals surface area contributed by atoms with Crippen LogP contribution < -0.4 is 0 Å². The van der Waals surface area contributed by atoms with E-state index in [2.05, 4.69) is 29.2 Å². The fraction of sp³-hybridized carbons (Fsp3) is 0.286. The van der Waals surface area contributed by atoms with E-state index in [0.717, 1.165) is 24.0 Å². The van der Waals surface area contributed by atoms with Crippen LogP contribution in [-0.2, 0) is 11.2 Å². The summed E-state index contributed by atoms with van der Waals surface area (Å²) in [7, 11) is 0. The fourth-order valence-corrected chi connectivity index (χ4v) is 3.51. The van der Waals surface area contributed by atoms with E-state index < -0.39 is 0 Å². The van der Waals surface area contributed by atoms with E-state index in [9.17, 15) is 4.79 Å². The quantitative estimate of drug-likeness (QED) is 0.797. The van der Waals surface area contributed by atoms with Crippen molar-refractivity contribution >= 4 is 16.8 Å². The standard InChI is InChI=1S/C21H22N2O2/c24-21(18-4-2-1-3-5-18)23-10-11-25-15-17(14-23)12-16-6-7-20-19(13-16)8-9-22-20/h1-9,13,17,22H,10-12,14-15H2/t17-/m0/s1. The molecule has 0 saturated carbocycles. The molecule has 128 valence electrons. The Hall–Kier alpha value is -2.59. The van der Waals surface area contributed by atoms with Crippen molar-refractivity contribution in [2.24, 2.45) is 5.92 Å². The van der Waals surface area contributed by atoms with Crippen LogP contribution in [-0.4, -0.2) is 42.1 Å². The van der Waals surface area contributed by atoms with E-state index in [1.54, 1.807) is 0 Å². The molecule has 2 heterocycles. The zero-order chi connectivity index (χ0) is 17.1. The summed E-state index contributed by atoms with van der Waals surface area (Å²) in [4.78, 5) is 17.9. The van der Waals surface area contributed by atoms with Crippen LogP contribution in [0.4, 0.5) is 0 Å². The van der Waals surface area contributed by atoms with Gasteiger partial charge < -0.3 is 14.6 Å². The van der Waals surface area contributed by atoms with Gasteiger partial charge in [0.15, 0.2) is 0 Å². The number of carbonyl (C=O) groups is 1. The van der Waals surface area contributed by atoms with Crippen molar-refractivity contribution in [2.75, 3.05) is 26.3 Å². The molecule has 3 aromatic rings. The number of amides is 1. The number of aromatic nitrogens is 1. The number of nitrogens with zero attached hydrogens (tertiary/aromatic N) is 1. The van der Waals surface area contributed by atoms with Crippen LogP contribution in [0.5, 0.6) is 0 Å². The smallest absolute Gasteiger partial charge is 0.253 e. The first-order valence-corrected chi connectivity index (χ1v) is 8.78. The highest BCUT2D eigenvalue weighted by atomic mass is 16.5. The molecule has 4 rings (SSSR count). The van der Waals surface area contributed by atoms with E-state index in [-0.39, 0.29) is 5.91 Å². The highest BCUT2D eigenvalue weighted by Gasteiger charge is 2.23. The van der Waals surface area contributed by atoms with E-state index in [1.807, 2.05) is 41.4 Å². The Kier molecular flexibility index (Phi) is 4.53. The number of rotatable bonds is 3. The van der Waals surface area contributed by atoms with Gasteiger partial charge >= 0.3 is 0 Å². The maximum absolute atomic E-state index is 12.8. The summed E-state index contributed by atoms with van der Waals surface area (Å²) in [6.07, 6.45) is 2.88. The molecule has 1 amide bonds.